The zero-order valence-corrected chi connectivity index (χ0v) is 11.3. The van der Waals surface area contributed by atoms with Crippen LogP contribution in [0.4, 0.5) is 5.82 Å². The number of hydrogen-bond donors (Lipinski definition) is 0. The van der Waals surface area contributed by atoms with Crippen LogP contribution in [0.5, 0.6) is 0 Å². The van der Waals surface area contributed by atoms with Gasteiger partial charge in [0.05, 0.1) is 22.7 Å². The van der Waals surface area contributed by atoms with Crippen LogP contribution in [0.1, 0.15) is 19.0 Å². The highest BCUT2D eigenvalue weighted by atomic mass is 35.5. The Balaban J connectivity index is 2.20. The number of halogens is 2. The fraction of sp³-hybridized carbons (Fsp3) is 0.583. The standard InChI is InChI=1S/C12H16Cl2N2O/c1-9-8-16(5-2-6-17-9)12-4-3-10(14)11(7-13)15-12/h3-4,9H,2,5-8H2,1H3. The Bertz CT molecular complexity index is 387. The topological polar surface area (TPSA) is 25.4 Å². The molecule has 0 aromatic carbocycles. The Morgan fingerprint density at radius 3 is 3.12 bits per heavy atom. The van der Waals surface area contributed by atoms with Crippen molar-refractivity contribution in [3.05, 3.63) is 22.8 Å². The van der Waals surface area contributed by atoms with E-state index in [0.29, 0.717) is 10.9 Å². The fourth-order valence-corrected chi connectivity index (χ4v) is 2.39. The van der Waals surface area contributed by atoms with Crippen LogP contribution in [-0.2, 0) is 10.6 Å². The lowest BCUT2D eigenvalue weighted by atomic mass is 10.3. The Morgan fingerprint density at radius 1 is 1.53 bits per heavy atom. The van der Waals surface area contributed by atoms with E-state index in [0.717, 1.165) is 37.6 Å². The van der Waals surface area contributed by atoms with Crippen molar-refractivity contribution in [1.29, 1.82) is 0 Å². The molecular formula is C12H16Cl2N2O. The highest BCUT2D eigenvalue weighted by Gasteiger charge is 2.17. The summed E-state index contributed by atoms with van der Waals surface area (Å²) in [6, 6.07) is 3.80. The van der Waals surface area contributed by atoms with E-state index in [9.17, 15) is 0 Å². The molecule has 5 heteroatoms. The molecule has 1 saturated heterocycles. The zero-order chi connectivity index (χ0) is 12.3. The van der Waals surface area contributed by atoms with Gasteiger partial charge in [0.25, 0.3) is 0 Å². The van der Waals surface area contributed by atoms with Crippen LogP contribution in [-0.4, -0.2) is 30.8 Å². The van der Waals surface area contributed by atoms with Crippen LogP contribution in [0, 0.1) is 0 Å². The average Bonchev–Trinajstić information content (AvgIpc) is 2.54. The first kappa shape index (κ1) is 12.9. The second-order valence-electron chi connectivity index (χ2n) is 4.21. The molecule has 0 amide bonds. The zero-order valence-electron chi connectivity index (χ0n) is 9.83. The molecule has 1 aromatic heterocycles. The third-order valence-corrected chi connectivity index (χ3v) is 3.40. The van der Waals surface area contributed by atoms with Crippen molar-refractivity contribution in [1.82, 2.24) is 4.98 Å². The molecule has 17 heavy (non-hydrogen) atoms. The first-order valence-electron chi connectivity index (χ1n) is 5.78. The number of alkyl halides is 1. The highest BCUT2D eigenvalue weighted by Crippen LogP contribution is 2.22. The molecule has 94 valence electrons. The predicted octanol–water partition coefficient (Wildman–Crippen LogP) is 3.09. The molecule has 1 unspecified atom stereocenters. The minimum Gasteiger partial charge on any atom is -0.377 e. The van der Waals surface area contributed by atoms with E-state index >= 15 is 0 Å². The van der Waals surface area contributed by atoms with Crippen molar-refractivity contribution >= 4 is 29.0 Å². The number of aromatic nitrogens is 1. The summed E-state index contributed by atoms with van der Waals surface area (Å²) in [5.41, 5.74) is 0.739. The average molecular weight is 275 g/mol. The Morgan fingerprint density at radius 2 is 2.35 bits per heavy atom. The van der Waals surface area contributed by atoms with E-state index in [1.807, 2.05) is 12.1 Å². The lowest BCUT2D eigenvalue weighted by Crippen LogP contribution is -2.30. The second-order valence-corrected chi connectivity index (χ2v) is 4.89. The van der Waals surface area contributed by atoms with Gasteiger partial charge in [-0.15, -0.1) is 11.6 Å². The van der Waals surface area contributed by atoms with Gasteiger partial charge in [-0.2, -0.15) is 0 Å². The maximum atomic E-state index is 6.01. The van der Waals surface area contributed by atoms with Crippen LogP contribution < -0.4 is 4.90 Å². The molecule has 0 radical (unpaired) electrons. The van der Waals surface area contributed by atoms with Gasteiger partial charge in [-0.3, -0.25) is 0 Å². The van der Waals surface area contributed by atoms with Crippen molar-refractivity contribution in [3.8, 4) is 0 Å². The molecule has 0 saturated carbocycles. The van der Waals surface area contributed by atoms with Crippen LogP contribution in [0.15, 0.2) is 12.1 Å². The number of hydrogen-bond acceptors (Lipinski definition) is 3. The van der Waals surface area contributed by atoms with Gasteiger partial charge in [0.15, 0.2) is 0 Å². The molecule has 3 nitrogen and oxygen atoms in total. The van der Waals surface area contributed by atoms with E-state index in [-0.39, 0.29) is 6.10 Å². The second kappa shape index (κ2) is 5.89. The minimum absolute atomic E-state index is 0.231. The molecular weight excluding hydrogens is 259 g/mol. The van der Waals surface area contributed by atoms with E-state index < -0.39 is 0 Å². The van der Waals surface area contributed by atoms with Gasteiger partial charge in [0, 0.05) is 19.7 Å². The number of ether oxygens (including phenoxy) is 1. The Kier molecular flexibility index (Phi) is 4.48. The third kappa shape index (κ3) is 3.24. The molecule has 1 fully saturated rings. The largest absolute Gasteiger partial charge is 0.377 e. The monoisotopic (exact) mass is 274 g/mol. The number of anilines is 1. The molecule has 0 spiro atoms. The van der Waals surface area contributed by atoms with E-state index in [2.05, 4.69) is 16.8 Å². The molecule has 0 aliphatic carbocycles. The smallest absolute Gasteiger partial charge is 0.129 e. The summed E-state index contributed by atoms with van der Waals surface area (Å²) >= 11 is 11.8. The van der Waals surface area contributed by atoms with Crippen LogP contribution in [0.3, 0.4) is 0 Å². The van der Waals surface area contributed by atoms with Gasteiger partial charge in [-0.05, 0) is 25.5 Å². The normalized spacial score (nSPS) is 21.4. The van der Waals surface area contributed by atoms with E-state index in [1.165, 1.54) is 0 Å². The molecule has 0 bridgehead atoms. The maximum absolute atomic E-state index is 6.01. The molecule has 2 heterocycles. The van der Waals surface area contributed by atoms with Crippen molar-refractivity contribution in [2.45, 2.75) is 25.3 Å². The summed E-state index contributed by atoms with van der Waals surface area (Å²) < 4.78 is 5.61. The SMILES string of the molecule is CC1CN(c2ccc(Cl)c(CCl)n2)CCCO1. The van der Waals surface area contributed by atoms with Crippen molar-refractivity contribution in [3.63, 3.8) is 0 Å². The molecule has 1 atom stereocenters. The summed E-state index contributed by atoms with van der Waals surface area (Å²) in [6.07, 6.45) is 1.25. The number of pyridine rings is 1. The highest BCUT2D eigenvalue weighted by molar-refractivity contribution is 6.32. The quantitative estimate of drug-likeness (QED) is 0.775. The molecule has 1 aliphatic rings. The first-order chi connectivity index (χ1) is 8.20. The summed E-state index contributed by atoms with van der Waals surface area (Å²) in [5.74, 6) is 1.27. The molecule has 2 rings (SSSR count). The van der Waals surface area contributed by atoms with Crippen LogP contribution in [0.2, 0.25) is 5.02 Å². The predicted molar refractivity (Wildman–Crippen MR) is 71.0 cm³/mol. The van der Waals surface area contributed by atoms with Crippen LogP contribution >= 0.6 is 23.2 Å². The van der Waals surface area contributed by atoms with E-state index in [1.54, 1.807) is 0 Å². The van der Waals surface area contributed by atoms with Gasteiger partial charge >= 0.3 is 0 Å². The van der Waals surface area contributed by atoms with Crippen molar-refractivity contribution in [2.75, 3.05) is 24.6 Å². The molecule has 1 aliphatic heterocycles. The molecule has 1 aromatic rings. The van der Waals surface area contributed by atoms with Crippen molar-refractivity contribution in [2.24, 2.45) is 0 Å². The summed E-state index contributed by atoms with van der Waals surface area (Å²) in [5, 5.41) is 0.628. The van der Waals surface area contributed by atoms with Gasteiger partial charge in [-0.1, -0.05) is 11.6 Å². The van der Waals surface area contributed by atoms with Gasteiger partial charge in [0.1, 0.15) is 5.82 Å². The van der Waals surface area contributed by atoms with Gasteiger partial charge in [-0.25, -0.2) is 4.98 Å². The van der Waals surface area contributed by atoms with Crippen molar-refractivity contribution < 1.29 is 4.74 Å². The fourth-order valence-electron chi connectivity index (χ4n) is 1.95. The molecule has 0 N–H and O–H groups in total. The number of nitrogens with zero attached hydrogens (tertiary/aromatic N) is 2. The van der Waals surface area contributed by atoms with Crippen LogP contribution in [0.25, 0.3) is 0 Å². The minimum atomic E-state index is 0.231. The van der Waals surface area contributed by atoms with Gasteiger partial charge in [0.2, 0.25) is 0 Å². The van der Waals surface area contributed by atoms with E-state index in [4.69, 9.17) is 27.9 Å². The first-order valence-corrected chi connectivity index (χ1v) is 6.70. The Hall–Kier alpha value is -0.510. The lowest BCUT2D eigenvalue weighted by Gasteiger charge is -2.23. The Labute approximate surface area is 112 Å². The van der Waals surface area contributed by atoms with Gasteiger partial charge < -0.3 is 9.64 Å². The summed E-state index contributed by atoms with van der Waals surface area (Å²) in [7, 11) is 0. The number of rotatable bonds is 2. The summed E-state index contributed by atoms with van der Waals surface area (Å²) in [4.78, 5) is 6.72. The third-order valence-electron chi connectivity index (χ3n) is 2.81. The maximum Gasteiger partial charge on any atom is 0.129 e. The lowest BCUT2D eigenvalue weighted by molar-refractivity contribution is 0.0820. The summed E-state index contributed by atoms with van der Waals surface area (Å²) in [6.45, 7) is 4.71.